The molecule has 0 atom stereocenters. The Labute approximate surface area is 298 Å². The highest BCUT2D eigenvalue weighted by atomic mass is 31.2. The van der Waals surface area contributed by atoms with Crippen LogP contribution >= 0.6 is 7.60 Å². The third kappa shape index (κ3) is 27.8. The molecule has 0 spiro atoms. The molecule has 52 heavy (non-hydrogen) atoms. The van der Waals surface area contributed by atoms with Gasteiger partial charge < -0.3 is 14.2 Å². The first-order valence-electron chi connectivity index (χ1n) is 14.2. The van der Waals surface area contributed by atoms with Crippen LogP contribution in [-0.2, 0) is 42.2 Å². The van der Waals surface area contributed by atoms with Crippen molar-refractivity contribution >= 4 is 52.4 Å². The Hall–Kier alpha value is -4.99. The molecular formula is C34H35BF6O10P. The summed E-state index contributed by atoms with van der Waals surface area (Å²) in [6.07, 6.45) is -4.17. The summed E-state index contributed by atoms with van der Waals surface area (Å²) in [4.78, 5) is 42.1. The van der Waals surface area contributed by atoms with E-state index in [0.717, 1.165) is 30.1 Å². The molecule has 18 heteroatoms. The fraction of sp³-hybridized carbons (Fsp3) is 0.235. The van der Waals surface area contributed by atoms with Gasteiger partial charge in [-0.1, -0.05) is 91.0 Å². The van der Waals surface area contributed by atoms with Gasteiger partial charge in [-0.05, 0) is 23.3 Å². The van der Waals surface area contributed by atoms with E-state index in [-0.39, 0.29) is 20.4 Å². The number of benzene rings is 3. The predicted octanol–water partition coefficient (Wildman–Crippen LogP) is 7.37. The number of carbonyl (C=O) groups excluding carboxylic acids is 4. The first-order chi connectivity index (χ1) is 24.0. The van der Waals surface area contributed by atoms with Crippen LogP contribution < -0.4 is 0 Å². The molecule has 0 aromatic heterocycles. The molecule has 3 radical (unpaired) electrons. The summed E-state index contributed by atoms with van der Waals surface area (Å²) in [5.41, 5.74) is 2.71. The van der Waals surface area contributed by atoms with Crippen molar-refractivity contribution in [2.45, 2.75) is 12.4 Å². The molecule has 0 aliphatic rings. The van der Waals surface area contributed by atoms with E-state index in [9.17, 15) is 50.1 Å². The van der Waals surface area contributed by atoms with Gasteiger partial charge in [0.25, 0.3) is 0 Å². The van der Waals surface area contributed by atoms with Crippen LogP contribution in [-0.4, -0.2) is 85.7 Å². The molecule has 0 aliphatic heterocycles. The standard InChI is InChI=1S/2C10H10O2.C7H9F6O5P.C7H6O.B/c2*1-12-10(11)8-7-9-5-3-2-4-6-9;1-16-5(14)2-19(15,17-3-6(8,9)10)18-4-7(11,12)13;8-6-7-4-2-1-3-5-7;/h2*2-8H,1H3;2-4H2,1H3;1-6H;/b8-7+;8-7-;;;. The lowest BCUT2D eigenvalue weighted by Crippen LogP contribution is -2.22. The first-order valence-corrected chi connectivity index (χ1v) is 15.9. The molecule has 10 nitrogen and oxygen atoms in total. The van der Waals surface area contributed by atoms with Gasteiger partial charge in [0, 0.05) is 26.1 Å². The maximum Gasteiger partial charge on any atom is 0.412 e. The molecule has 3 rings (SSSR count). The zero-order valence-corrected chi connectivity index (χ0v) is 28.9. The molecule has 0 bridgehead atoms. The summed E-state index contributed by atoms with van der Waals surface area (Å²) in [5.74, 6) is -2.00. The van der Waals surface area contributed by atoms with E-state index in [4.69, 9.17) is 0 Å². The van der Waals surface area contributed by atoms with E-state index in [1.54, 1.807) is 24.3 Å². The number of methoxy groups -OCH3 is 3. The van der Waals surface area contributed by atoms with E-state index in [2.05, 4.69) is 23.3 Å². The third-order valence-electron chi connectivity index (χ3n) is 5.16. The highest BCUT2D eigenvalue weighted by Crippen LogP contribution is 2.50. The second kappa shape index (κ2) is 26.8. The zero-order chi connectivity index (χ0) is 38.8. The number of aldehydes is 1. The molecule has 0 fully saturated rings. The largest absolute Gasteiger partial charge is 0.469 e. The molecule has 0 N–H and O–H groups in total. The minimum Gasteiger partial charge on any atom is -0.469 e. The van der Waals surface area contributed by atoms with Gasteiger partial charge in [0.2, 0.25) is 0 Å². The molecule has 0 aliphatic carbocycles. The summed E-state index contributed by atoms with van der Waals surface area (Å²) >= 11 is 0. The highest BCUT2D eigenvalue weighted by Gasteiger charge is 2.40. The summed E-state index contributed by atoms with van der Waals surface area (Å²) < 4.78 is 103. The molecule has 0 heterocycles. The molecule has 0 saturated carbocycles. The predicted molar refractivity (Wildman–Crippen MR) is 181 cm³/mol. The van der Waals surface area contributed by atoms with Crippen molar-refractivity contribution in [2.24, 2.45) is 0 Å². The van der Waals surface area contributed by atoms with Gasteiger partial charge in [-0.15, -0.1) is 0 Å². The Morgan fingerprint density at radius 2 is 0.923 bits per heavy atom. The van der Waals surface area contributed by atoms with Crippen molar-refractivity contribution < 1.29 is 73.3 Å². The number of ether oxygens (including phenoxy) is 3. The zero-order valence-electron chi connectivity index (χ0n) is 28.0. The van der Waals surface area contributed by atoms with Gasteiger partial charge in [-0.2, -0.15) is 26.3 Å². The fourth-order valence-corrected chi connectivity index (χ4v) is 4.21. The Bertz CT molecular complexity index is 1470. The average molecular weight is 759 g/mol. The van der Waals surface area contributed by atoms with Crippen molar-refractivity contribution in [1.29, 1.82) is 0 Å². The van der Waals surface area contributed by atoms with Crippen LogP contribution in [0, 0.1) is 0 Å². The lowest BCUT2D eigenvalue weighted by molar-refractivity contribution is -0.166. The average Bonchev–Trinajstić information content (AvgIpc) is 3.12. The minimum absolute atomic E-state index is 0. The molecule has 3 aromatic carbocycles. The highest BCUT2D eigenvalue weighted by molar-refractivity contribution is 7.54. The topological polar surface area (TPSA) is 132 Å². The summed E-state index contributed by atoms with van der Waals surface area (Å²) in [7, 11) is -1.38. The minimum atomic E-state index is -4.94. The number of halogens is 6. The van der Waals surface area contributed by atoms with Crippen LogP contribution in [0.15, 0.2) is 103 Å². The maximum atomic E-state index is 11.8. The van der Waals surface area contributed by atoms with Gasteiger partial charge in [0.15, 0.2) is 13.2 Å². The molecular weight excluding hydrogens is 724 g/mol. The van der Waals surface area contributed by atoms with E-state index in [0.29, 0.717) is 0 Å². The summed E-state index contributed by atoms with van der Waals surface area (Å²) in [6, 6.07) is 28.3. The van der Waals surface area contributed by atoms with Crippen LogP contribution in [0.4, 0.5) is 26.3 Å². The monoisotopic (exact) mass is 759 g/mol. The fourth-order valence-electron chi connectivity index (χ4n) is 2.82. The Kier molecular flexibility index (Phi) is 25.3. The van der Waals surface area contributed by atoms with Crippen molar-refractivity contribution in [3.63, 3.8) is 0 Å². The second-order valence-electron chi connectivity index (χ2n) is 9.19. The normalized spacial score (nSPS) is 10.9. The second-order valence-corrected chi connectivity index (χ2v) is 11.2. The smallest absolute Gasteiger partial charge is 0.412 e. The number of hydrogen-bond donors (Lipinski definition) is 0. The number of carbonyl (C=O) groups is 4. The molecule has 0 saturated heterocycles. The van der Waals surface area contributed by atoms with E-state index in [1.807, 2.05) is 78.9 Å². The summed E-state index contributed by atoms with van der Waals surface area (Å²) in [6.45, 7) is -4.22. The lowest BCUT2D eigenvalue weighted by atomic mass is 10.2. The maximum absolute atomic E-state index is 11.8. The lowest BCUT2D eigenvalue weighted by Gasteiger charge is -2.19. The van der Waals surface area contributed by atoms with Crippen LogP contribution in [0.3, 0.4) is 0 Å². The summed E-state index contributed by atoms with van der Waals surface area (Å²) in [5, 5.41) is 0. The van der Waals surface area contributed by atoms with Gasteiger partial charge in [0.1, 0.15) is 12.4 Å². The van der Waals surface area contributed by atoms with Crippen LogP contribution in [0.1, 0.15) is 21.5 Å². The number of hydrogen-bond acceptors (Lipinski definition) is 10. The van der Waals surface area contributed by atoms with Crippen molar-refractivity contribution in [3.8, 4) is 0 Å². The van der Waals surface area contributed by atoms with E-state index < -0.39 is 45.3 Å². The molecule has 0 amide bonds. The number of rotatable bonds is 11. The van der Waals surface area contributed by atoms with Gasteiger partial charge in [-0.3, -0.25) is 23.2 Å². The van der Waals surface area contributed by atoms with Crippen molar-refractivity contribution in [2.75, 3.05) is 40.7 Å². The molecule has 281 valence electrons. The van der Waals surface area contributed by atoms with Crippen LogP contribution in [0.25, 0.3) is 12.2 Å². The van der Waals surface area contributed by atoms with E-state index >= 15 is 0 Å². The third-order valence-corrected chi connectivity index (χ3v) is 6.85. The van der Waals surface area contributed by atoms with Gasteiger partial charge >= 0.3 is 37.9 Å². The van der Waals surface area contributed by atoms with Crippen LogP contribution in [0.5, 0.6) is 0 Å². The SMILES string of the molecule is COC(=O)/C=C/c1ccccc1.COC(=O)/C=C\c1ccccc1.COC(=O)CP(=O)(OCC(F)(F)F)OCC(F)(F)F.O=Cc1ccccc1.[B]. The molecule has 0 unspecified atom stereocenters. The Morgan fingerprint density at radius 3 is 1.17 bits per heavy atom. The first kappa shape index (κ1) is 49.1. The number of esters is 3. The van der Waals surface area contributed by atoms with E-state index in [1.165, 1.54) is 26.4 Å². The van der Waals surface area contributed by atoms with Gasteiger partial charge in [0.05, 0.1) is 21.3 Å². The quantitative estimate of drug-likeness (QED) is 0.0371. The van der Waals surface area contributed by atoms with Crippen molar-refractivity contribution in [1.82, 2.24) is 0 Å². The Morgan fingerprint density at radius 1 is 0.596 bits per heavy atom. The number of alkyl halides is 6. The molecule has 3 aromatic rings. The van der Waals surface area contributed by atoms with Crippen molar-refractivity contribution in [3.05, 3.63) is 120 Å². The van der Waals surface area contributed by atoms with Crippen LogP contribution in [0.2, 0.25) is 0 Å². The Balaban J connectivity index is 0. The van der Waals surface area contributed by atoms with Gasteiger partial charge in [-0.25, -0.2) is 9.59 Å².